The number of benzene rings is 7. The number of hydrogen-bond acceptors (Lipinski definition) is 4. The zero-order valence-electron chi connectivity index (χ0n) is 23.1. The van der Waals surface area contributed by atoms with Crippen LogP contribution in [0.1, 0.15) is 0 Å². The molecule has 0 aliphatic heterocycles. The first-order valence-corrected chi connectivity index (χ1v) is 15.2. The molecular weight excluding hydrogens is 545 g/mol. The quantitative estimate of drug-likeness (QED) is 0.198. The van der Waals surface area contributed by atoms with Crippen molar-refractivity contribution in [1.29, 1.82) is 0 Å². The highest BCUT2D eigenvalue weighted by Crippen LogP contribution is 2.45. The average Bonchev–Trinajstić information content (AvgIpc) is 3.67. The van der Waals surface area contributed by atoms with Gasteiger partial charge in [-0.05, 0) is 58.6 Å². The van der Waals surface area contributed by atoms with Crippen LogP contribution in [0.25, 0.3) is 64.3 Å². The van der Waals surface area contributed by atoms with Crippen molar-refractivity contribution in [3.63, 3.8) is 0 Å². The molecule has 2 heterocycles. The molecule has 0 atom stereocenters. The Morgan fingerprint density at radius 3 is 2.09 bits per heavy atom. The number of nitrogens with zero attached hydrogens (tertiary/aromatic N) is 2. The van der Waals surface area contributed by atoms with Crippen LogP contribution in [0.3, 0.4) is 0 Å². The molecule has 0 aliphatic carbocycles. The maximum absolute atomic E-state index is 6.55. The first-order chi connectivity index (χ1) is 21.3. The molecule has 0 radical (unpaired) electrons. The molecule has 202 valence electrons. The highest BCUT2D eigenvalue weighted by atomic mass is 32.1. The monoisotopic (exact) mass is 568 g/mol. The Hall–Kier alpha value is -5.45. The van der Waals surface area contributed by atoms with E-state index in [1.807, 2.05) is 6.07 Å². The molecule has 0 fully saturated rings. The lowest BCUT2D eigenvalue weighted by Crippen LogP contribution is -2.10. The van der Waals surface area contributed by atoms with Gasteiger partial charge in [-0.15, -0.1) is 11.3 Å². The summed E-state index contributed by atoms with van der Waals surface area (Å²) < 4.78 is 7.70. The Morgan fingerprint density at radius 1 is 0.535 bits per heavy atom. The second kappa shape index (κ2) is 9.55. The van der Waals surface area contributed by atoms with Crippen LogP contribution in [-0.2, 0) is 0 Å². The van der Waals surface area contributed by atoms with Gasteiger partial charge in [-0.25, -0.2) is 4.98 Å². The molecule has 0 saturated carbocycles. The number of hydrogen-bond donors (Lipinski definition) is 0. The van der Waals surface area contributed by atoms with Crippen molar-refractivity contribution in [2.75, 3.05) is 4.90 Å². The van der Waals surface area contributed by atoms with Gasteiger partial charge in [-0.3, -0.25) is 0 Å². The Labute approximate surface area is 251 Å². The van der Waals surface area contributed by atoms with Gasteiger partial charge in [-0.2, -0.15) is 0 Å². The molecule has 0 unspecified atom stereocenters. The van der Waals surface area contributed by atoms with E-state index in [-0.39, 0.29) is 0 Å². The molecule has 0 N–H and O–H groups in total. The second-order valence-electron chi connectivity index (χ2n) is 10.8. The van der Waals surface area contributed by atoms with Crippen LogP contribution in [0.15, 0.2) is 150 Å². The minimum Gasteiger partial charge on any atom is -0.456 e. The SMILES string of the molecule is c1ccc(-c2nc3ccc4oc5cc(N(c6ccccc6)c6cc7ccccc7c7ccccc67)ccc5c4c3s2)cc1. The lowest BCUT2D eigenvalue weighted by atomic mass is 9.99. The minimum atomic E-state index is 0.862. The standard InChI is InChI=1S/C39H24N2OS/c1-3-11-25(12-4-1)39-40-33-21-22-35-37(38(33)43-39)32-20-19-28(24-36(32)42-35)41(27-14-5-2-6-15-27)34-23-26-13-7-8-16-29(26)30-17-9-10-18-31(30)34/h1-24H. The van der Waals surface area contributed by atoms with E-state index in [4.69, 9.17) is 9.40 Å². The van der Waals surface area contributed by atoms with Gasteiger partial charge in [0.2, 0.25) is 0 Å². The summed E-state index contributed by atoms with van der Waals surface area (Å²) in [7, 11) is 0. The van der Waals surface area contributed by atoms with Crippen LogP contribution in [0.2, 0.25) is 0 Å². The largest absolute Gasteiger partial charge is 0.456 e. The molecule has 43 heavy (non-hydrogen) atoms. The molecule has 0 aliphatic rings. The Kier molecular flexibility index (Phi) is 5.37. The molecule has 9 rings (SSSR count). The van der Waals surface area contributed by atoms with Crippen LogP contribution in [0.4, 0.5) is 17.1 Å². The normalized spacial score (nSPS) is 11.7. The highest BCUT2D eigenvalue weighted by Gasteiger charge is 2.20. The van der Waals surface area contributed by atoms with Gasteiger partial charge in [0.05, 0.1) is 15.9 Å². The third-order valence-corrected chi connectivity index (χ3v) is 9.39. The van der Waals surface area contributed by atoms with E-state index in [0.29, 0.717) is 0 Å². The summed E-state index contributed by atoms with van der Waals surface area (Å²) in [6, 6.07) is 51.3. The van der Waals surface area contributed by atoms with Crippen molar-refractivity contribution >= 4 is 82.1 Å². The van der Waals surface area contributed by atoms with Crippen LogP contribution < -0.4 is 4.90 Å². The van der Waals surface area contributed by atoms with Crippen LogP contribution in [0, 0.1) is 0 Å². The number of fused-ring (bicyclic) bond motifs is 8. The predicted octanol–water partition coefficient (Wildman–Crippen LogP) is 11.6. The summed E-state index contributed by atoms with van der Waals surface area (Å²) in [5.41, 5.74) is 7.14. The summed E-state index contributed by atoms with van der Waals surface area (Å²) >= 11 is 1.72. The van der Waals surface area contributed by atoms with Crippen molar-refractivity contribution in [3.8, 4) is 10.6 Å². The van der Waals surface area contributed by atoms with E-state index < -0.39 is 0 Å². The summed E-state index contributed by atoms with van der Waals surface area (Å²) in [5.74, 6) is 0. The number of furan rings is 1. The number of anilines is 3. The van der Waals surface area contributed by atoms with Crippen LogP contribution in [0.5, 0.6) is 0 Å². The van der Waals surface area contributed by atoms with Crippen molar-refractivity contribution in [2.24, 2.45) is 0 Å². The van der Waals surface area contributed by atoms with E-state index in [2.05, 4.69) is 144 Å². The minimum absolute atomic E-state index is 0.862. The van der Waals surface area contributed by atoms with Gasteiger partial charge in [-0.1, -0.05) is 97.1 Å². The maximum Gasteiger partial charge on any atom is 0.137 e. The van der Waals surface area contributed by atoms with Crippen LogP contribution >= 0.6 is 11.3 Å². The fraction of sp³-hybridized carbons (Fsp3) is 0. The first-order valence-electron chi connectivity index (χ1n) is 14.4. The average molecular weight is 569 g/mol. The Morgan fingerprint density at radius 2 is 1.26 bits per heavy atom. The topological polar surface area (TPSA) is 29.3 Å². The van der Waals surface area contributed by atoms with E-state index in [0.717, 1.165) is 59.8 Å². The molecule has 7 aromatic carbocycles. The lowest BCUT2D eigenvalue weighted by molar-refractivity contribution is 0.669. The van der Waals surface area contributed by atoms with Gasteiger partial charge in [0.15, 0.2) is 0 Å². The van der Waals surface area contributed by atoms with Gasteiger partial charge in [0.25, 0.3) is 0 Å². The summed E-state index contributed by atoms with van der Waals surface area (Å²) in [4.78, 5) is 7.31. The molecule has 0 saturated heterocycles. The molecule has 0 spiro atoms. The van der Waals surface area contributed by atoms with E-state index >= 15 is 0 Å². The molecule has 9 aromatic rings. The Balaban J connectivity index is 1.28. The van der Waals surface area contributed by atoms with Crippen molar-refractivity contribution in [2.45, 2.75) is 0 Å². The van der Waals surface area contributed by atoms with Gasteiger partial charge >= 0.3 is 0 Å². The van der Waals surface area contributed by atoms with Crippen LogP contribution in [-0.4, -0.2) is 4.98 Å². The molecule has 0 amide bonds. The second-order valence-corrected chi connectivity index (χ2v) is 11.8. The summed E-state index contributed by atoms with van der Waals surface area (Å²) in [5, 5.41) is 8.16. The number of thiazole rings is 1. The van der Waals surface area contributed by atoms with Crippen molar-refractivity contribution < 1.29 is 4.42 Å². The third kappa shape index (κ3) is 3.84. The van der Waals surface area contributed by atoms with Gasteiger partial charge in [0.1, 0.15) is 16.2 Å². The van der Waals surface area contributed by atoms with Gasteiger partial charge in [0, 0.05) is 39.2 Å². The summed E-state index contributed by atoms with van der Waals surface area (Å²) in [6.07, 6.45) is 0. The third-order valence-electron chi connectivity index (χ3n) is 8.25. The summed E-state index contributed by atoms with van der Waals surface area (Å²) in [6.45, 7) is 0. The van der Waals surface area contributed by atoms with E-state index in [1.54, 1.807) is 11.3 Å². The predicted molar refractivity (Wildman–Crippen MR) is 182 cm³/mol. The molecule has 4 heteroatoms. The zero-order chi connectivity index (χ0) is 28.3. The smallest absolute Gasteiger partial charge is 0.137 e. The molecular formula is C39H24N2OS. The lowest BCUT2D eigenvalue weighted by Gasteiger charge is -2.27. The zero-order valence-corrected chi connectivity index (χ0v) is 23.9. The van der Waals surface area contributed by atoms with E-state index in [1.165, 1.54) is 21.5 Å². The van der Waals surface area contributed by atoms with Crippen molar-refractivity contribution in [1.82, 2.24) is 4.98 Å². The van der Waals surface area contributed by atoms with Gasteiger partial charge < -0.3 is 9.32 Å². The number of aromatic nitrogens is 1. The fourth-order valence-electron chi connectivity index (χ4n) is 6.30. The number of rotatable bonds is 4. The molecule has 0 bridgehead atoms. The Bertz CT molecular complexity index is 2460. The molecule has 3 nitrogen and oxygen atoms in total. The van der Waals surface area contributed by atoms with E-state index in [9.17, 15) is 0 Å². The van der Waals surface area contributed by atoms with Crippen molar-refractivity contribution in [3.05, 3.63) is 146 Å². The highest BCUT2D eigenvalue weighted by molar-refractivity contribution is 7.22. The number of para-hydroxylation sites is 1. The molecule has 2 aromatic heterocycles. The fourth-order valence-corrected chi connectivity index (χ4v) is 7.42. The first kappa shape index (κ1) is 24.2. The maximum atomic E-state index is 6.55.